The number of nitrogens with zero attached hydrogens (tertiary/aromatic N) is 1. The lowest BCUT2D eigenvalue weighted by molar-refractivity contribution is -0.619. The van der Waals surface area contributed by atoms with Crippen LogP contribution in [0.4, 0.5) is 14.5 Å². The van der Waals surface area contributed by atoms with Crippen LogP contribution in [-0.2, 0) is 4.79 Å². The quantitative estimate of drug-likeness (QED) is 0.597. The molecule has 2 aromatic rings. The van der Waals surface area contributed by atoms with Gasteiger partial charge in [-0.15, -0.1) is 0 Å². The van der Waals surface area contributed by atoms with E-state index in [1.807, 2.05) is 0 Å². The van der Waals surface area contributed by atoms with Gasteiger partial charge in [0, 0.05) is 11.8 Å². The van der Waals surface area contributed by atoms with Gasteiger partial charge >= 0.3 is 6.43 Å². The molecular weight excluding hydrogens is 364 g/mol. The van der Waals surface area contributed by atoms with E-state index in [2.05, 4.69) is 5.32 Å². The van der Waals surface area contributed by atoms with Crippen molar-refractivity contribution in [3.63, 3.8) is 0 Å². The number of hydrogen-bond donors (Lipinski definition) is 2. The highest BCUT2D eigenvalue weighted by Gasteiger charge is 2.27. The van der Waals surface area contributed by atoms with Gasteiger partial charge in [-0.2, -0.15) is 13.5 Å². The summed E-state index contributed by atoms with van der Waals surface area (Å²) in [7, 11) is 0. The van der Waals surface area contributed by atoms with Crippen molar-refractivity contribution in [1.82, 2.24) is 0 Å². The van der Waals surface area contributed by atoms with Crippen LogP contribution in [0.3, 0.4) is 0 Å². The van der Waals surface area contributed by atoms with Crippen molar-refractivity contribution < 1.29 is 18.3 Å². The van der Waals surface area contributed by atoms with E-state index in [4.69, 9.17) is 5.73 Å². The van der Waals surface area contributed by atoms with Gasteiger partial charge in [0.25, 0.3) is 5.69 Å². The number of alkyl halides is 2. The standard InChI is InChI=1S/C21H25F2N3O2/c1-13-11-12-26(28)19(20(22)23)17(13)14-7-9-16(10-8-14)25-21(27)18(24)15-5-3-2-4-6-15/h7-12,15,18,20H,2-6,24H2,1H3,(H,25,27)/t18-/m0/s1. The van der Waals surface area contributed by atoms with Crippen LogP contribution in [-0.4, -0.2) is 11.9 Å². The number of aryl methyl sites for hydroxylation is 1. The van der Waals surface area contributed by atoms with Crippen LogP contribution in [0.2, 0.25) is 0 Å². The summed E-state index contributed by atoms with van der Waals surface area (Å²) in [6.07, 6.45) is 3.52. The first kappa shape index (κ1) is 20.2. The molecule has 150 valence electrons. The zero-order valence-electron chi connectivity index (χ0n) is 15.8. The summed E-state index contributed by atoms with van der Waals surface area (Å²) < 4.78 is 27.0. The number of carbonyl (C=O) groups is 1. The minimum Gasteiger partial charge on any atom is -0.618 e. The Kier molecular flexibility index (Phi) is 6.24. The summed E-state index contributed by atoms with van der Waals surface area (Å²) in [4.78, 5) is 12.4. The van der Waals surface area contributed by atoms with Gasteiger partial charge in [0.05, 0.1) is 11.6 Å². The van der Waals surface area contributed by atoms with Crippen LogP contribution in [0.5, 0.6) is 0 Å². The summed E-state index contributed by atoms with van der Waals surface area (Å²) in [5.74, 6) is -0.0395. The third kappa shape index (κ3) is 4.30. The molecule has 1 saturated carbocycles. The number of nitrogens with two attached hydrogens (primary N) is 1. The number of hydrogen-bond acceptors (Lipinski definition) is 3. The first-order valence-corrected chi connectivity index (χ1v) is 9.56. The number of aromatic nitrogens is 1. The highest BCUT2D eigenvalue weighted by Crippen LogP contribution is 2.32. The average molecular weight is 389 g/mol. The second-order valence-corrected chi connectivity index (χ2v) is 7.38. The Morgan fingerprint density at radius 1 is 1.18 bits per heavy atom. The van der Waals surface area contributed by atoms with Crippen molar-refractivity contribution in [3.8, 4) is 11.1 Å². The predicted octanol–water partition coefficient (Wildman–Crippen LogP) is 4.08. The van der Waals surface area contributed by atoms with Crippen molar-refractivity contribution in [2.45, 2.75) is 51.5 Å². The van der Waals surface area contributed by atoms with Gasteiger partial charge in [0.2, 0.25) is 5.91 Å². The van der Waals surface area contributed by atoms with Gasteiger partial charge < -0.3 is 16.3 Å². The van der Waals surface area contributed by atoms with Crippen molar-refractivity contribution in [2.24, 2.45) is 11.7 Å². The topological polar surface area (TPSA) is 82.1 Å². The fraction of sp³-hybridized carbons (Fsp3) is 0.429. The first-order valence-electron chi connectivity index (χ1n) is 9.56. The zero-order valence-corrected chi connectivity index (χ0v) is 15.8. The average Bonchev–Trinajstić information content (AvgIpc) is 2.70. The molecule has 0 spiro atoms. The second-order valence-electron chi connectivity index (χ2n) is 7.38. The number of benzene rings is 1. The van der Waals surface area contributed by atoms with Gasteiger partial charge in [0.15, 0.2) is 6.20 Å². The molecule has 3 rings (SSSR count). The molecule has 28 heavy (non-hydrogen) atoms. The molecule has 1 fully saturated rings. The summed E-state index contributed by atoms with van der Waals surface area (Å²) in [6, 6.07) is 7.47. The zero-order chi connectivity index (χ0) is 20.3. The van der Waals surface area contributed by atoms with Gasteiger partial charge in [-0.1, -0.05) is 31.4 Å². The van der Waals surface area contributed by atoms with E-state index in [1.54, 1.807) is 31.2 Å². The molecule has 1 amide bonds. The maximum atomic E-state index is 13.4. The third-order valence-electron chi connectivity index (χ3n) is 5.46. The van der Waals surface area contributed by atoms with Crippen molar-refractivity contribution in [2.75, 3.05) is 5.32 Å². The summed E-state index contributed by atoms with van der Waals surface area (Å²) in [5.41, 5.74) is 7.38. The van der Waals surface area contributed by atoms with Gasteiger partial charge in [-0.25, -0.2) is 0 Å². The van der Waals surface area contributed by atoms with E-state index in [-0.39, 0.29) is 22.1 Å². The maximum absolute atomic E-state index is 13.4. The Morgan fingerprint density at radius 3 is 2.43 bits per heavy atom. The molecule has 1 heterocycles. The molecule has 1 aliphatic carbocycles. The lowest BCUT2D eigenvalue weighted by atomic mass is 9.84. The number of nitrogens with one attached hydrogen (secondary N) is 1. The van der Waals surface area contributed by atoms with E-state index in [0.29, 0.717) is 16.8 Å². The van der Waals surface area contributed by atoms with E-state index in [1.165, 1.54) is 12.5 Å². The molecule has 0 radical (unpaired) electrons. The first-order chi connectivity index (χ1) is 13.4. The van der Waals surface area contributed by atoms with Crippen molar-refractivity contribution in [1.29, 1.82) is 0 Å². The molecule has 1 aromatic heterocycles. The lowest BCUT2D eigenvalue weighted by Crippen LogP contribution is -2.42. The largest absolute Gasteiger partial charge is 0.618 e. The van der Waals surface area contributed by atoms with E-state index < -0.39 is 18.2 Å². The Balaban J connectivity index is 1.77. The smallest absolute Gasteiger partial charge is 0.322 e. The molecule has 1 atom stereocenters. The van der Waals surface area contributed by atoms with Gasteiger partial charge in [-0.05, 0) is 48.9 Å². The monoisotopic (exact) mass is 389 g/mol. The molecule has 0 bridgehead atoms. The Bertz CT molecular complexity index is 834. The minimum absolute atomic E-state index is 0.195. The van der Waals surface area contributed by atoms with Gasteiger partial charge in [-0.3, -0.25) is 4.79 Å². The van der Waals surface area contributed by atoms with Crippen molar-refractivity contribution >= 4 is 11.6 Å². The molecule has 0 unspecified atom stereocenters. The Hall–Kier alpha value is -2.54. The number of halogens is 2. The molecule has 1 aliphatic rings. The molecular formula is C21H25F2N3O2. The second kappa shape index (κ2) is 8.65. The van der Waals surface area contributed by atoms with Crippen LogP contribution >= 0.6 is 0 Å². The van der Waals surface area contributed by atoms with Crippen LogP contribution in [0.15, 0.2) is 36.5 Å². The van der Waals surface area contributed by atoms with Crippen LogP contribution in [0.1, 0.15) is 49.8 Å². The molecule has 5 nitrogen and oxygen atoms in total. The summed E-state index contributed by atoms with van der Waals surface area (Å²) in [6.45, 7) is 1.68. The Labute approximate surface area is 163 Å². The molecule has 3 N–H and O–H groups in total. The summed E-state index contributed by atoms with van der Waals surface area (Å²) >= 11 is 0. The van der Waals surface area contributed by atoms with E-state index >= 15 is 0 Å². The van der Waals surface area contributed by atoms with Crippen LogP contribution < -0.4 is 15.8 Å². The lowest BCUT2D eigenvalue weighted by Gasteiger charge is -2.26. The van der Waals surface area contributed by atoms with Gasteiger partial charge in [0.1, 0.15) is 0 Å². The van der Waals surface area contributed by atoms with Crippen LogP contribution in [0.25, 0.3) is 11.1 Å². The van der Waals surface area contributed by atoms with Crippen LogP contribution in [0, 0.1) is 18.0 Å². The van der Waals surface area contributed by atoms with E-state index in [9.17, 15) is 18.8 Å². The number of rotatable bonds is 5. The van der Waals surface area contributed by atoms with E-state index in [0.717, 1.165) is 31.9 Å². The summed E-state index contributed by atoms with van der Waals surface area (Å²) in [5, 5.41) is 14.6. The predicted molar refractivity (Wildman–Crippen MR) is 104 cm³/mol. The normalized spacial score (nSPS) is 16.2. The number of amides is 1. The molecule has 7 heteroatoms. The minimum atomic E-state index is -2.89. The third-order valence-corrected chi connectivity index (χ3v) is 5.46. The fourth-order valence-corrected chi connectivity index (χ4v) is 3.89. The fourth-order valence-electron chi connectivity index (χ4n) is 3.89. The number of pyridine rings is 1. The maximum Gasteiger partial charge on any atom is 0.322 e. The van der Waals surface area contributed by atoms with Crippen molar-refractivity contribution in [3.05, 3.63) is 53.0 Å². The molecule has 0 saturated heterocycles. The molecule has 0 aliphatic heterocycles. The molecule has 1 aromatic carbocycles. The SMILES string of the molecule is Cc1cc[n+]([O-])c(C(F)F)c1-c1ccc(NC(=O)[C@@H](N)C2CCCCC2)cc1. The number of anilines is 1. The number of carbonyl (C=O) groups excluding carboxylic acids is 1. The highest BCUT2D eigenvalue weighted by molar-refractivity contribution is 5.95. The highest BCUT2D eigenvalue weighted by atomic mass is 19.3. The Morgan fingerprint density at radius 2 is 1.82 bits per heavy atom.